The minimum Gasteiger partial charge on any atom is -0.369 e. The van der Waals surface area contributed by atoms with Gasteiger partial charge < -0.3 is 5.32 Å². The zero-order valence-electron chi connectivity index (χ0n) is 11.1. The maximum absolute atomic E-state index is 12.5. The van der Waals surface area contributed by atoms with E-state index < -0.39 is 10.0 Å². The molecule has 2 rings (SSSR count). The summed E-state index contributed by atoms with van der Waals surface area (Å²) >= 11 is 5.38. The Labute approximate surface area is 145 Å². The molecular weight excluding hydrogens is 469 g/mol. The first-order valence-corrected chi connectivity index (χ1v) is 9.45. The minimum atomic E-state index is -3.71. The predicted molar refractivity (Wildman–Crippen MR) is 96.1 cm³/mol. The number of anilines is 2. The molecule has 0 radical (unpaired) electrons. The fourth-order valence-electron chi connectivity index (χ4n) is 1.69. The molecule has 5 nitrogen and oxygen atoms in total. The zero-order chi connectivity index (χ0) is 15.5. The number of nitrogens with zero attached hydrogens (tertiary/aromatic N) is 1. The summed E-state index contributed by atoms with van der Waals surface area (Å²) < 4.78 is 29.2. The van der Waals surface area contributed by atoms with Crippen molar-refractivity contribution in [2.45, 2.75) is 11.8 Å². The van der Waals surface area contributed by atoms with Gasteiger partial charge in [0.15, 0.2) is 0 Å². The monoisotopic (exact) mass is 481 g/mol. The van der Waals surface area contributed by atoms with Crippen LogP contribution in [0.5, 0.6) is 0 Å². The van der Waals surface area contributed by atoms with Gasteiger partial charge in [-0.2, -0.15) is 0 Å². The number of rotatable bonds is 5. The highest BCUT2D eigenvalue weighted by molar-refractivity contribution is 14.1. The maximum Gasteiger partial charge on any atom is 0.265 e. The van der Waals surface area contributed by atoms with E-state index in [2.05, 4.69) is 53.5 Å². The van der Waals surface area contributed by atoms with E-state index in [0.717, 1.165) is 3.57 Å². The first-order valence-electron chi connectivity index (χ1n) is 6.10. The quantitative estimate of drug-likeness (QED) is 0.639. The van der Waals surface area contributed by atoms with Crippen molar-refractivity contribution in [3.05, 3.63) is 44.6 Å². The van der Waals surface area contributed by atoms with E-state index >= 15 is 0 Å². The van der Waals surface area contributed by atoms with Gasteiger partial charge in [0.2, 0.25) is 0 Å². The number of benzene rings is 1. The Hall–Kier alpha value is -0.870. The Morgan fingerprint density at radius 1 is 1.33 bits per heavy atom. The summed E-state index contributed by atoms with van der Waals surface area (Å²) in [6, 6.07) is 8.68. The van der Waals surface area contributed by atoms with Gasteiger partial charge in [0, 0.05) is 26.5 Å². The number of hydrogen-bond donors (Lipinski definition) is 2. The molecule has 0 fully saturated rings. The van der Waals surface area contributed by atoms with Crippen molar-refractivity contribution >= 4 is 60.0 Å². The van der Waals surface area contributed by atoms with E-state index in [0.29, 0.717) is 22.5 Å². The highest BCUT2D eigenvalue weighted by Crippen LogP contribution is 2.25. The van der Waals surface area contributed by atoms with Crippen molar-refractivity contribution < 1.29 is 8.42 Å². The summed E-state index contributed by atoms with van der Waals surface area (Å²) in [5, 5.41) is 2.95. The largest absolute Gasteiger partial charge is 0.369 e. The van der Waals surface area contributed by atoms with Crippen LogP contribution in [0.1, 0.15) is 6.92 Å². The van der Waals surface area contributed by atoms with Gasteiger partial charge in [0.1, 0.15) is 10.7 Å². The van der Waals surface area contributed by atoms with Crippen LogP contribution in [-0.2, 0) is 10.0 Å². The highest BCUT2D eigenvalue weighted by atomic mass is 127. The van der Waals surface area contributed by atoms with Gasteiger partial charge in [-0.3, -0.25) is 4.72 Å². The third kappa shape index (κ3) is 4.30. The number of nitrogens with one attached hydrogen (secondary N) is 2. The molecule has 2 aromatic rings. The van der Waals surface area contributed by atoms with Crippen LogP contribution in [0.25, 0.3) is 0 Å². The molecule has 0 aliphatic rings. The summed E-state index contributed by atoms with van der Waals surface area (Å²) in [4.78, 5) is 4.22. The molecule has 1 aromatic carbocycles. The van der Waals surface area contributed by atoms with Crippen LogP contribution in [0.4, 0.5) is 11.5 Å². The van der Waals surface area contributed by atoms with Gasteiger partial charge >= 0.3 is 0 Å². The van der Waals surface area contributed by atoms with Gasteiger partial charge in [-0.15, -0.1) is 0 Å². The van der Waals surface area contributed by atoms with Crippen molar-refractivity contribution in [1.82, 2.24) is 4.98 Å². The second-order valence-corrected chi connectivity index (χ2v) is 7.96. The van der Waals surface area contributed by atoms with Crippen LogP contribution in [0.15, 0.2) is 45.9 Å². The lowest BCUT2D eigenvalue weighted by Gasteiger charge is -2.12. The minimum absolute atomic E-state index is 0.109. The maximum atomic E-state index is 12.5. The topological polar surface area (TPSA) is 71.1 Å². The van der Waals surface area contributed by atoms with E-state index in [9.17, 15) is 8.42 Å². The molecule has 0 amide bonds. The summed E-state index contributed by atoms with van der Waals surface area (Å²) in [6.07, 6.45) is 1.56. The summed E-state index contributed by atoms with van der Waals surface area (Å²) in [7, 11) is -3.71. The molecule has 8 heteroatoms. The molecule has 0 aliphatic heterocycles. The fraction of sp³-hybridized carbons (Fsp3) is 0.154. The predicted octanol–water partition coefficient (Wildman–Crippen LogP) is 3.68. The molecule has 1 aromatic heterocycles. The molecule has 0 aliphatic carbocycles. The number of pyridine rings is 1. The van der Waals surface area contributed by atoms with E-state index in [1.165, 1.54) is 6.07 Å². The molecular formula is C13H13BrIN3O2S. The molecule has 0 saturated carbocycles. The van der Waals surface area contributed by atoms with Crippen molar-refractivity contribution in [2.24, 2.45) is 0 Å². The SMILES string of the molecule is CCNc1ncc(Br)cc1S(=O)(=O)Nc1cccc(I)c1. The lowest BCUT2D eigenvalue weighted by molar-refractivity contribution is 0.601. The van der Waals surface area contributed by atoms with Crippen LogP contribution in [-0.4, -0.2) is 19.9 Å². The molecule has 0 atom stereocenters. The summed E-state index contributed by atoms with van der Waals surface area (Å²) in [6.45, 7) is 2.47. The molecule has 1 heterocycles. The average Bonchev–Trinajstić information content (AvgIpc) is 2.40. The second-order valence-electron chi connectivity index (χ2n) is 4.15. The normalized spacial score (nSPS) is 11.2. The van der Waals surface area contributed by atoms with Crippen LogP contribution in [0, 0.1) is 3.57 Å². The zero-order valence-corrected chi connectivity index (χ0v) is 15.7. The summed E-state index contributed by atoms with van der Waals surface area (Å²) in [5.41, 5.74) is 0.518. The number of sulfonamides is 1. The Balaban J connectivity index is 2.41. The van der Waals surface area contributed by atoms with E-state index in [-0.39, 0.29) is 4.90 Å². The van der Waals surface area contributed by atoms with Crippen LogP contribution in [0.3, 0.4) is 0 Å². The van der Waals surface area contributed by atoms with E-state index in [1.807, 2.05) is 13.0 Å². The van der Waals surface area contributed by atoms with Crippen LogP contribution < -0.4 is 10.0 Å². The van der Waals surface area contributed by atoms with Crippen molar-refractivity contribution in [2.75, 3.05) is 16.6 Å². The number of aromatic nitrogens is 1. The van der Waals surface area contributed by atoms with Gasteiger partial charge in [-0.25, -0.2) is 13.4 Å². The molecule has 0 unspecified atom stereocenters. The lowest BCUT2D eigenvalue weighted by atomic mass is 10.3. The van der Waals surface area contributed by atoms with Crippen molar-refractivity contribution in [1.29, 1.82) is 0 Å². The molecule has 0 bridgehead atoms. The number of hydrogen-bond acceptors (Lipinski definition) is 4. The first kappa shape index (κ1) is 16.5. The molecule has 21 heavy (non-hydrogen) atoms. The van der Waals surface area contributed by atoms with Gasteiger partial charge in [0.05, 0.1) is 0 Å². The Kier molecular flexibility index (Phi) is 5.44. The molecule has 112 valence electrons. The highest BCUT2D eigenvalue weighted by Gasteiger charge is 2.20. The Morgan fingerprint density at radius 2 is 2.10 bits per heavy atom. The smallest absolute Gasteiger partial charge is 0.265 e. The average molecular weight is 482 g/mol. The Bertz CT molecular complexity index is 753. The third-order valence-electron chi connectivity index (χ3n) is 2.53. The second kappa shape index (κ2) is 6.93. The molecule has 0 spiro atoms. The fourth-order valence-corrected chi connectivity index (χ4v) is 3.92. The number of halogens is 2. The van der Waals surface area contributed by atoms with E-state index in [1.54, 1.807) is 24.4 Å². The van der Waals surface area contributed by atoms with Crippen LogP contribution >= 0.6 is 38.5 Å². The van der Waals surface area contributed by atoms with Gasteiger partial charge in [0.25, 0.3) is 10.0 Å². The molecule has 0 saturated heterocycles. The van der Waals surface area contributed by atoms with Crippen molar-refractivity contribution in [3.8, 4) is 0 Å². The standard InChI is InChI=1S/C13H13BrIN3O2S/c1-2-16-13-12(6-9(14)8-17-13)21(19,20)18-11-5-3-4-10(15)7-11/h3-8,18H,2H2,1H3,(H,16,17). The van der Waals surface area contributed by atoms with E-state index in [4.69, 9.17) is 0 Å². The third-order valence-corrected chi connectivity index (χ3v) is 5.03. The first-order chi connectivity index (χ1) is 9.92. The molecule has 2 N–H and O–H groups in total. The Morgan fingerprint density at radius 3 is 2.76 bits per heavy atom. The lowest BCUT2D eigenvalue weighted by Crippen LogP contribution is -2.16. The summed E-state index contributed by atoms with van der Waals surface area (Å²) in [5.74, 6) is 0.332. The van der Waals surface area contributed by atoms with Crippen molar-refractivity contribution in [3.63, 3.8) is 0 Å². The van der Waals surface area contributed by atoms with Gasteiger partial charge in [-0.05, 0) is 69.7 Å². The van der Waals surface area contributed by atoms with Gasteiger partial charge in [-0.1, -0.05) is 6.07 Å². The van der Waals surface area contributed by atoms with Crippen LogP contribution in [0.2, 0.25) is 0 Å².